The van der Waals surface area contributed by atoms with Crippen molar-refractivity contribution in [2.75, 3.05) is 19.6 Å². The van der Waals surface area contributed by atoms with Gasteiger partial charge in [0.2, 0.25) is 0 Å². The molecular formula is C12H22N4S. The van der Waals surface area contributed by atoms with Gasteiger partial charge in [0.25, 0.3) is 0 Å². The number of imidazole rings is 1. The Morgan fingerprint density at radius 1 is 1.41 bits per heavy atom. The Morgan fingerprint density at radius 3 is 2.76 bits per heavy atom. The summed E-state index contributed by atoms with van der Waals surface area (Å²) in [6, 6.07) is 0. The van der Waals surface area contributed by atoms with Gasteiger partial charge in [-0.2, -0.15) is 11.8 Å². The van der Waals surface area contributed by atoms with E-state index in [1.807, 2.05) is 6.33 Å². The zero-order valence-electron chi connectivity index (χ0n) is 10.7. The predicted molar refractivity (Wildman–Crippen MR) is 73.1 cm³/mol. The normalized spacial score (nSPS) is 26.3. The maximum absolute atomic E-state index is 5.53. The molecule has 2 rings (SSSR count). The molecule has 2 heterocycles. The van der Waals surface area contributed by atoms with E-state index in [4.69, 9.17) is 5.73 Å². The number of thioether (sulfide) groups is 1. The van der Waals surface area contributed by atoms with Crippen molar-refractivity contribution in [3.05, 3.63) is 18.2 Å². The molecule has 1 aliphatic rings. The topological polar surface area (TPSA) is 47.1 Å². The second-order valence-electron chi connectivity index (χ2n) is 4.84. The fourth-order valence-electron chi connectivity index (χ4n) is 2.40. The minimum absolute atomic E-state index is 0.671. The Balaban J connectivity index is 1.90. The number of aromatic nitrogens is 2. The summed E-state index contributed by atoms with van der Waals surface area (Å²) in [5.74, 6) is 0. The van der Waals surface area contributed by atoms with Gasteiger partial charge >= 0.3 is 0 Å². The minimum atomic E-state index is 0.671. The molecule has 2 N–H and O–H groups in total. The molecule has 17 heavy (non-hydrogen) atoms. The van der Waals surface area contributed by atoms with Gasteiger partial charge in [-0.3, -0.25) is 4.90 Å². The van der Waals surface area contributed by atoms with E-state index in [2.05, 4.69) is 46.3 Å². The summed E-state index contributed by atoms with van der Waals surface area (Å²) in [6.07, 6.45) is 4.00. The first-order valence-corrected chi connectivity index (χ1v) is 7.20. The molecular weight excluding hydrogens is 232 g/mol. The van der Waals surface area contributed by atoms with Gasteiger partial charge in [-0.1, -0.05) is 13.8 Å². The van der Waals surface area contributed by atoms with E-state index in [0.29, 0.717) is 6.54 Å². The predicted octanol–water partition coefficient (Wildman–Crippen LogP) is 1.17. The van der Waals surface area contributed by atoms with Crippen LogP contribution >= 0.6 is 11.8 Å². The number of hydrogen-bond donors (Lipinski definition) is 1. The van der Waals surface area contributed by atoms with Crippen molar-refractivity contribution in [3.8, 4) is 0 Å². The first-order valence-electron chi connectivity index (χ1n) is 6.26. The van der Waals surface area contributed by atoms with Gasteiger partial charge < -0.3 is 10.3 Å². The molecule has 0 radical (unpaired) electrons. The average Bonchev–Trinajstić information content (AvgIpc) is 2.64. The van der Waals surface area contributed by atoms with Gasteiger partial charge in [-0.15, -0.1) is 0 Å². The van der Waals surface area contributed by atoms with Gasteiger partial charge in [0.1, 0.15) is 0 Å². The monoisotopic (exact) mass is 254 g/mol. The zero-order valence-corrected chi connectivity index (χ0v) is 11.5. The molecule has 0 bridgehead atoms. The lowest BCUT2D eigenvalue weighted by atomic mass is 10.3. The van der Waals surface area contributed by atoms with Crippen molar-refractivity contribution in [3.63, 3.8) is 0 Å². The van der Waals surface area contributed by atoms with Gasteiger partial charge in [0.05, 0.1) is 12.0 Å². The van der Waals surface area contributed by atoms with Crippen LogP contribution in [0.2, 0.25) is 0 Å². The fourth-order valence-corrected chi connectivity index (χ4v) is 3.79. The van der Waals surface area contributed by atoms with E-state index in [0.717, 1.165) is 29.3 Å². The summed E-state index contributed by atoms with van der Waals surface area (Å²) in [6.45, 7) is 9.44. The largest absolute Gasteiger partial charge is 0.336 e. The molecule has 1 aromatic heterocycles. The molecule has 5 heteroatoms. The van der Waals surface area contributed by atoms with Crippen LogP contribution < -0.4 is 5.73 Å². The lowest BCUT2D eigenvalue weighted by Gasteiger charge is -2.34. The molecule has 1 aliphatic heterocycles. The zero-order chi connectivity index (χ0) is 12.3. The lowest BCUT2D eigenvalue weighted by molar-refractivity contribution is 0.260. The number of rotatable bonds is 4. The maximum atomic E-state index is 5.53. The lowest BCUT2D eigenvalue weighted by Crippen LogP contribution is -2.39. The Kier molecular flexibility index (Phi) is 4.48. The second-order valence-corrected chi connectivity index (χ2v) is 6.72. The highest BCUT2D eigenvalue weighted by Gasteiger charge is 2.22. The number of nitrogens with zero attached hydrogens (tertiary/aromatic N) is 3. The third-order valence-corrected chi connectivity index (χ3v) is 4.18. The summed E-state index contributed by atoms with van der Waals surface area (Å²) in [7, 11) is 0. The van der Waals surface area contributed by atoms with Crippen LogP contribution in [0.25, 0.3) is 0 Å². The summed E-state index contributed by atoms with van der Waals surface area (Å²) in [4.78, 5) is 6.94. The Bertz CT molecular complexity index is 342. The maximum Gasteiger partial charge on any atom is 0.0950 e. The standard InChI is InChI=1S/C12H22N4S/c1-10-5-16(6-11(2)17-10)8-12-7-15(4-3-13)9-14-12/h7,9-11H,3-6,8,13H2,1-2H3. The molecule has 0 amide bonds. The quantitative estimate of drug-likeness (QED) is 0.876. The Hall–Kier alpha value is -0.520. The first kappa shape index (κ1) is 12.9. The summed E-state index contributed by atoms with van der Waals surface area (Å²) in [5.41, 5.74) is 6.69. The van der Waals surface area contributed by atoms with Crippen molar-refractivity contribution in [2.45, 2.75) is 37.4 Å². The van der Waals surface area contributed by atoms with Crippen LogP contribution in [0, 0.1) is 0 Å². The highest BCUT2D eigenvalue weighted by Crippen LogP contribution is 2.25. The van der Waals surface area contributed by atoms with E-state index in [1.54, 1.807) is 0 Å². The van der Waals surface area contributed by atoms with Gasteiger partial charge in [-0.05, 0) is 0 Å². The fraction of sp³-hybridized carbons (Fsp3) is 0.750. The summed E-state index contributed by atoms with van der Waals surface area (Å²) < 4.78 is 2.07. The highest BCUT2D eigenvalue weighted by atomic mass is 32.2. The second kappa shape index (κ2) is 5.89. The van der Waals surface area contributed by atoms with E-state index >= 15 is 0 Å². The molecule has 0 saturated carbocycles. The number of nitrogens with two attached hydrogens (primary N) is 1. The third kappa shape index (κ3) is 3.72. The summed E-state index contributed by atoms with van der Waals surface area (Å²) in [5, 5.41) is 1.45. The molecule has 0 aromatic carbocycles. The van der Waals surface area contributed by atoms with Crippen molar-refractivity contribution in [2.24, 2.45) is 5.73 Å². The molecule has 0 spiro atoms. The molecule has 1 saturated heterocycles. The molecule has 4 nitrogen and oxygen atoms in total. The minimum Gasteiger partial charge on any atom is -0.336 e. The van der Waals surface area contributed by atoms with E-state index in [9.17, 15) is 0 Å². The van der Waals surface area contributed by atoms with Gasteiger partial charge in [0, 0.05) is 49.4 Å². The van der Waals surface area contributed by atoms with Crippen LogP contribution in [-0.2, 0) is 13.1 Å². The first-order chi connectivity index (χ1) is 8.17. The van der Waals surface area contributed by atoms with E-state index in [-0.39, 0.29) is 0 Å². The Morgan fingerprint density at radius 2 is 2.12 bits per heavy atom. The Labute approximate surface area is 108 Å². The average molecular weight is 254 g/mol. The molecule has 0 aliphatic carbocycles. The smallest absolute Gasteiger partial charge is 0.0950 e. The molecule has 1 aromatic rings. The van der Waals surface area contributed by atoms with E-state index in [1.165, 1.54) is 13.1 Å². The SMILES string of the molecule is CC1CN(Cc2cn(CCN)cn2)CC(C)S1. The van der Waals surface area contributed by atoms with Crippen LogP contribution in [0.15, 0.2) is 12.5 Å². The van der Waals surface area contributed by atoms with E-state index < -0.39 is 0 Å². The third-order valence-electron chi connectivity index (χ3n) is 2.95. The van der Waals surface area contributed by atoms with Crippen LogP contribution in [0.5, 0.6) is 0 Å². The molecule has 1 fully saturated rings. The van der Waals surface area contributed by atoms with Crippen molar-refractivity contribution in [1.29, 1.82) is 0 Å². The van der Waals surface area contributed by atoms with Crippen LogP contribution in [-0.4, -0.2) is 44.6 Å². The molecule has 96 valence electrons. The van der Waals surface area contributed by atoms with Gasteiger partial charge in [0.15, 0.2) is 0 Å². The highest BCUT2D eigenvalue weighted by molar-refractivity contribution is 8.00. The molecule has 2 unspecified atom stereocenters. The van der Waals surface area contributed by atoms with Crippen LogP contribution in [0.3, 0.4) is 0 Å². The van der Waals surface area contributed by atoms with Crippen molar-refractivity contribution >= 4 is 11.8 Å². The number of hydrogen-bond acceptors (Lipinski definition) is 4. The van der Waals surface area contributed by atoms with Gasteiger partial charge in [-0.25, -0.2) is 4.98 Å². The van der Waals surface area contributed by atoms with Crippen molar-refractivity contribution in [1.82, 2.24) is 14.5 Å². The van der Waals surface area contributed by atoms with Crippen LogP contribution in [0.1, 0.15) is 19.5 Å². The molecule has 2 atom stereocenters. The van der Waals surface area contributed by atoms with Crippen LogP contribution in [0.4, 0.5) is 0 Å². The summed E-state index contributed by atoms with van der Waals surface area (Å²) >= 11 is 2.09. The van der Waals surface area contributed by atoms with Crippen molar-refractivity contribution < 1.29 is 0 Å².